The van der Waals surface area contributed by atoms with E-state index in [2.05, 4.69) is 0 Å². The van der Waals surface area contributed by atoms with Crippen molar-refractivity contribution in [1.82, 2.24) is 4.90 Å². The molecular formula is C15H18F3NOS. The smallest absolute Gasteiger partial charge is 0.419 e. The van der Waals surface area contributed by atoms with Gasteiger partial charge in [0.25, 0.3) is 0 Å². The Morgan fingerprint density at radius 2 is 2.00 bits per heavy atom. The largest absolute Gasteiger partial charge is 0.496 e. The van der Waals surface area contributed by atoms with Crippen LogP contribution in [0.5, 0.6) is 5.75 Å². The Balaban J connectivity index is 2.51. The maximum absolute atomic E-state index is 13.3. The highest BCUT2D eigenvalue weighted by Gasteiger charge is 2.36. The number of hydrogen-bond donors (Lipinski definition) is 0. The van der Waals surface area contributed by atoms with Crippen LogP contribution in [0, 0.1) is 0 Å². The van der Waals surface area contributed by atoms with Gasteiger partial charge in [0.05, 0.1) is 12.7 Å². The van der Waals surface area contributed by atoms with E-state index in [9.17, 15) is 13.2 Å². The maximum Gasteiger partial charge on any atom is 0.419 e. The van der Waals surface area contributed by atoms with Gasteiger partial charge in [0.2, 0.25) is 0 Å². The number of alkyl halides is 3. The molecule has 0 amide bonds. The molecule has 21 heavy (non-hydrogen) atoms. The van der Waals surface area contributed by atoms with Crippen LogP contribution < -0.4 is 4.74 Å². The van der Waals surface area contributed by atoms with Crippen LogP contribution in [0.15, 0.2) is 12.1 Å². The molecule has 1 aromatic rings. The van der Waals surface area contributed by atoms with E-state index in [0.717, 1.165) is 32.0 Å². The normalized spacial score (nSPS) is 14.8. The number of nitrogens with zero attached hydrogens (tertiary/aromatic N) is 1. The molecule has 1 saturated heterocycles. The van der Waals surface area contributed by atoms with Crippen LogP contribution in [0.3, 0.4) is 0 Å². The fourth-order valence-corrected chi connectivity index (χ4v) is 2.72. The van der Waals surface area contributed by atoms with Crippen molar-refractivity contribution >= 4 is 17.2 Å². The third-order valence-electron chi connectivity index (χ3n) is 3.58. The lowest BCUT2D eigenvalue weighted by molar-refractivity contribution is -0.138. The number of likely N-dealkylation sites (tertiary alicyclic amines) is 1. The fourth-order valence-electron chi connectivity index (χ4n) is 2.42. The molecule has 0 bridgehead atoms. The van der Waals surface area contributed by atoms with Crippen LogP contribution in [0.25, 0.3) is 0 Å². The number of ether oxygens (including phenoxy) is 1. The Kier molecular flexibility index (Phi) is 4.76. The molecule has 0 saturated carbocycles. The van der Waals surface area contributed by atoms with Crippen molar-refractivity contribution in [3.63, 3.8) is 0 Å². The van der Waals surface area contributed by atoms with Crippen molar-refractivity contribution in [2.24, 2.45) is 0 Å². The first-order chi connectivity index (χ1) is 9.88. The third-order valence-corrected chi connectivity index (χ3v) is 4.08. The number of halogens is 3. The first-order valence-electron chi connectivity index (χ1n) is 6.95. The van der Waals surface area contributed by atoms with Gasteiger partial charge in [0.1, 0.15) is 10.7 Å². The molecule has 2 rings (SSSR count). The lowest BCUT2D eigenvalue weighted by Gasteiger charge is -2.34. The average Bonchev–Trinajstić information content (AvgIpc) is 2.35. The summed E-state index contributed by atoms with van der Waals surface area (Å²) in [4.78, 5) is 2.42. The minimum Gasteiger partial charge on any atom is -0.496 e. The lowest BCUT2D eigenvalue weighted by Crippen LogP contribution is -2.41. The molecule has 1 heterocycles. The van der Waals surface area contributed by atoms with E-state index < -0.39 is 11.7 Å². The van der Waals surface area contributed by atoms with Crippen molar-refractivity contribution in [3.05, 3.63) is 28.8 Å². The van der Waals surface area contributed by atoms with E-state index in [-0.39, 0.29) is 5.75 Å². The Morgan fingerprint density at radius 1 is 1.33 bits per heavy atom. The standard InChI is InChI=1S/C15H18F3NOS/c1-3-5-10-8-11(14(21)19-6-4-7-19)9-12(13(10)20-2)15(16,17)18/h8-9H,3-7H2,1-2H3. The zero-order valence-electron chi connectivity index (χ0n) is 12.1. The molecule has 6 heteroatoms. The molecule has 1 aliphatic heterocycles. The summed E-state index contributed by atoms with van der Waals surface area (Å²) in [6.45, 7) is 3.55. The van der Waals surface area contributed by atoms with Crippen LogP contribution in [0.4, 0.5) is 13.2 Å². The first kappa shape index (κ1) is 16.1. The first-order valence-corrected chi connectivity index (χ1v) is 7.36. The second-order valence-electron chi connectivity index (χ2n) is 5.11. The number of methoxy groups -OCH3 is 1. The van der Waals surface area contributed by atoms with E-state index in [1.165, 1.54) is 7.11 Å². The van der Waals surface area contributed by atoms with E-state index in [0.29, 0.717) is 22.5 Å². The van der Waals surface area contributed by atoms with Crippen LogP contribution in [0.2, 0.25) is 0 Å². The highest BCUT2D eigenvalue weighted by Crippen LogP contribution is 2.40. The van der Waals surface area contributed by atoms with Gasteiger partial charge in [-0.15, -0.1) is 0 Å². The maximum atomic E-state index is 13.3. The SMILES string of the molecule is CCCc1cc(C(=S)N2CCC2)cc(C(F)(F)F)c1OC. The highest BCUT2D eigenvalue weighted by molar-refractivity contribution is 7.80. The van der Waals surface area contributed by atoms with Gasteiger partial charge in [0, 0.05) is 18.7 Å². The molecule has 0 N–H and O–H groups in total. The predicted molar refractivity (Wildman–Crippen MR) is 79.9 cm³/mol. The monoisotopic (exact) mass is 317 g/mol. The summed E-state index contributed by atoms with van der Waals surface area (Å²) in [6, 6.07) is 2.84. The number of benzene rings is 1. The second kappa shape index (κ2) is 6.22. The number of thiocarbonyl (C=S) groups is 1. The van der Waals surface area contributed by atoms with Crippen LogP contribution in [-0.4, -0.2) is 30.1 Å². The summed E-state index contributed by atoms with van der Waals surface area (Å²) < 4.78 is 44.8. The quantitative estimate of drug-likeness (QED) is 0.778. The van der Waals surface area contributed by atoms with Crippen LogP contribution in [-0.2, 0) is 12.6 Å². The molecule has 2 nitrogen and oxygen atoms in total. The van der Waals surface area contributed by atoms with Gasteiger partial charge in [-0.2, -0.15) is 13.2 Å². The molecule has 0 aliphatic carbocycles. The Morgan fingerprint density at radius 3 is 2.43 bits per heavy atom. The predicted octanol–water partition coefficient (Wildman–Crippen LogP) is 4.05. The second-order valence-corrected chi connectivity index (χ2v) is 5.50. The van der Waals surface area contributed by atoms with Crippen LogP contribution >= 0.6 is 12.2 Å². The number of aryl methyl sites for hydroxylation is 1. The van der Waals surface area contributed by atoms with E-state index >= 15 is 0 Å². The molecule has 0 unspecified atom stereocenters. The van der Waals surface area contributed by atoms with Gasteiger partial charge in [-0.05, 0) is 30.5 Å². The summed E-state index contributed by atoms with van der Waals surface area (Å²) in [5.41, 5.74) is 0.280. The van der Waals surface area contributed by atoms with Gasteiger partial charge in [-0.1, -0.05) is 25.6 Å². The lowest BCUT2D eigenvalue weighted by atomic mass is 9.99. The molecular weight excluding hydrogens is 299 g/mol. The average molecular weight is 317 g/mol. The Labute approximate surface area is 127 Å². The molecule has 1 aromatic carbocycles. The summed E-state index contributed by atoms with van der Waals surface area (Å²) >= 11 is 5.32. The number of rotatable bonds is 4. The van der Waals surface area contributed by atoms with Gasteiger partial charge < -0.3 is 9.64 Å². The van der Waals surface area contributed by atoms with Gasteiger partial charge >= 0.3 is 6.18 Å². The minimum atomic E-state index is -4.45. The van der Waals surface area contributed by atoms with Crippen molar-refractivity contribution < 1.29 is 17.9 Å². The summed E-state index contributed by atoms with van der Waals surface area (Å²) in [6.07, 6.45) is -2.14. The topological polar surface area (TPSA) is 12.5 Å². The minimum absolute atomic E-state index is 0.0838. The highest BCUT2D eigenvalue weighted by atomic mass is 32.1. The Bertz CT molecular complexity index is 538. The molecule has 1 aliphatic rings. The van der Waals surface area contributed by atoms with Crippen molar-refractivity contribution in [1.29, 1.82) is 0 Å². The number of hydrogen-bond acceptors (Lipinski definition) is 2. The van der Waals surface area contributed by atoms with Crippen molar-refractivity contribution in [2.45, 2.75) is 32.4 Å². The van der Waals surface area contributed by atoms with Crippen LogP contribution in [0.1, 0.15) is 36.5 Å². The molecule has 1 fully saturated rings. The Hall–Kier alpha value is -1.30. The molecule has 0 radical (unpaired) electrons. The summed E-state index contributed by atoms with van der Waals surface area (Å²) in [7, 11) is 1.27. The third kappa shape index (κ3) is 3.31. The molecule has 0 aromatic heterocycles. The zero-order chi connectivity index (χ0) is 15.6. The molecule has 116 valence electrons. The summed E-state index contributed by atoms with van der Waals surface area (Å²) in [5.74, 6) is -0.0838. The summed E-state index contributed by atoms with van der Waals surface area (Å²) in [5, 5.41) is 0. The van der Waals surface area contributed by atoms with Gasteiger partial charge in [0.15, 0.2) is 0 Å². The van der Waals surface area contributed by atoms with Gasteiger partial charge in [-0.3, -0.25) is 0 Å². The van der Waals surface area contributed by atoms with Gasteiger partial charge in [-0.25, -0.2) is 0 Å². The van der Waals surface area contributed by atoms with Crippen molar-refractivity contribution in [3.8, 4) is 5.75 Å². The molecule has 0 atom stereocenters. The molecule has 0 spiro atoms. The van der Waals surface area contributed by atoms with E-state index in [1.807, 2.05) is 11.8 Å². The zero-order valence-corrected chi connectivity index (χ0v) is 12.9. The van der Waals surface area contributed by atoms with E-state index in [1.54, 1.807) is 6.07 Å². The van der Waals surface area contributed by atoms with E-state index in [4.69, 9.17) is 17.0 Å². The fraction of sp³-hybridized carbons (Fsp3) is 0.533. The van der Waals surface area contributed by atoms with Crippen molar-refractivity contribution in [2.75, 3.05) is 20.2 Å².